The first-order valence-corrected chi connectivity index (χ1v) is 7.81. The monoisotopic (exact) mass is 369 g/mol. The van der Waals surface area contributed by atoms with Crippen molar-refractivity contribution in [2.45, 2.75) is 26.3 Å². The zero-order valence-corrected chi connectivity index (χ0v) is 14.5. The molecule has 0 saturated carbocycles. The summed E-state index contributed by atoms with van der Waals surface area (Å²) in [4.78, 5) is 14.1. The Kier molecular flexibility index (Phi) is 5.06. The van der Waals surface area contributed by atoms with E-state index in [2.05, 4.69) is 26.1 Å². The van der Waals surface area contributed by atoms with Crippen molar-refractivity contribution in [1.82, 2.24) is 15.1 Å². The highest BCUT2D eigenvalue weighted by Gasteiger charge is 2.22. The van der Waals surface area contributed by atoms with E-state index in [9.17, 15) is 4.79 Å². The topological polar surface area (TPSA) is 49.0 Å². The Balaban J connectivity index is 2.18. The van der Waals surface area contributed by atoms with E-state index in [4.69, 9.17) is 11.6 Å². The number of aromatic amines is 1. The predicted octanol–water partition coefficient (Wildman–Crippen LogP) is 4.22. The summed E-state index contributed by atoms with van der Waals surface area (Å²) in [7, 11) is 1.74. The molecule has 0 bridgehead atoms. The van der Waals surface area contributed by atoms with Crippen molar-refractivity contribution in [1.29, 1.82) is 0 Å². The Morgan fingerprint density at radius 2 is 2.10 bits per heavy atom. The lowest BCUT2D eigenvalue weighted by molar-refractivity contribution is 0.0778. The summed E-state index contributed by atoms with van der Waals surface area (Å²) in [6.45, 7) is 4.52. The molecule has 2 rings (SSSR count). The molecule has 0 aliphatic rings. The number of aromatic nitrogens is 2. The minimum absolute atomic E-state index is 0.148. The molecule has 1 heterocycles. The van der Waals surface area contributed by atoms with Crippen molar-refractivity contribution in [3.63, 3.8) is 0 Å². The molecule has 0 aliphatic carbocycles. The maximum absolute atomic E-state index is 12.5. The Morgan fingerprint density at radius 3 is 2.67 bits per heavy atom. The summed E-state index contributed by atoms with van der Waals surface area (Å²) in [5.41, 5.74) is 2.23. The lowest BCUT2D eigenvalue weighted by atomic mass is 10.1. The average molecular weight is 371 g/mol. The van der Waals surface area contributed by atoms with E-state index < -0.39 is 0 Å². The Labute approximate surface area is 137 Å². The van der Waals surface area contributed by atoms with Gasteiger partial charge >= 0.3 is 0 Å². The van der Waals surface area contributed by atoms with Crippen LogP contribution in [0.3, 0.4) is 0 Å². The van der Waals surface area contributed by atoms with Crippen LogP contribution in [0.15, 0.2) is 28.7 Å². The number of hydrogen-bond acceptors (Lipinski definition) is 2. The second kappa shape index (κ2) is 6.62. The molecule has 112 valence electrons. The third kappa shape index (κ3) is 3.47. The molecule has 1 aromatic heterocycles. The van der Waals surface area contributed by atoms with Crippen molar-refractivity contribution in [3.05, 3.63) is 50.7 Å². The number of rotatable bonds is 4. The van der Waals surface area contributed by atoms with E-state index in [1.807, 2.05) is 38.1 Å². The van der Waals surface area contributed by atoms with Crippen LogP contribution in [0.25, 0.3) is 0 Å². The van der Waals surface area contributed by atoms with Gasteiger partial charge in [-0.1, -0.05) is 43.6 Å². The van der Waals surface area contributed by atoms with Gasteiger partial charge in [0.05, 0.1) is 10.2 Å². The molecule has 2 aromatic rings. The number of benzene rings is 1. The van der Waals surface area contributed by atoms with Gasteiger partial charge in [-0.2, -0.15) is 5.10 Å². The summed E-state index contributed by atoms with van der Waals surface area (Å²) < 4.78 is 0.730. The van der Waals surface area contributed by atoms with Gasteiger partial charge in [-0.25, -0.2) is 0 Å². The summed E-state index contributed by atoms with van der Waals surface area (Å²) in [5, 5.41) is 7.69. The fraction of sp³-hybridized carbons (Fsp3) is 0.333. The minimum atomic E-state index is -0.148. The van der Waals surface area contributed by atoms with Gasteiger partial charge in [0.1, 0.15) is 0 Å². The van der Waals surface area contributed by atoms with E-state index in [0.29, 0.717) is 17.3 Å². The maximum Gasteiger partial charge on any atom is 0.275 e. The summed E-state index contributed by atoms with van der Waals surface area (Å²) >= 11 is 9.58. The van der Waals surface area contributed by atoms with Crippen LogP contribution in [0.5, 0.6) is 0 Å². The number of hydrogen-bond donors (Lipinski definition) is 1. The lowest BCUT2D eigenvalue weighted by Gasteiger charge is -2.17. The fourth-order valence-electron chi connectivity index (χ4n) is 2.00. The molecule has 1 aromatic carbocycles. The van der Waals surface area contributed by atoms with Crippen LogP contribution < -0.4 is 0 Å². The van der Waals surface area contributed by atoms with Crippen LogP contribution in [0.1, 0.15) is 41.5 Å². The first-order valence-electron chi connectivity index (χ1n) is 6.64. The van der Waals surface area contributed by atoms with Crippen molar-refractivity contribution >= 4 is 33.4 Å². The normalized spacial score (nSPS) is 11.0. The third-order valence-corrected chi connectivity index (χ3v) is 4.40. The molecule has 0 unspecified atom stereocenters. The van der Waals surface area contributed by atoms with Crippen LogP contribution in [-0.4, -0.2) is 28.1 Å². The van der Waals surface area contributed by atoms with Gasteiger partial charge in [0, 0.05) is 18.6 Å². The summed E-state index contributed by atoms with van der Waals surface area (Å²) in [6, 6.07) is 7.50. The first-order chi connectivity index (χ1) is 9.91. The van der Waals surface area contributed by atoms with Crippen LogP contribution in [-0.2, 0) is 6.54 Å². The molecular weight excluding hydrogens is 354 g/mol. The van der Waals surface area contributed by atoms with Crippen molar-refractivity contribution in [2.75, 3.05) is 7.05 Å². The standard InChI is InChI=1S/C15H17BrClN3O/c1-9(2)13-12(16)14(19-18-13)15(21)20(3)8-10-6-4-5-7-11(10)17/h4-7,9H,8H2,1-3H3,(H,18,19). The number of H-pyrrole nitrogens is 1. The highest BCUT2D eigenvalue weighted by molar-refractivity contribution is 9.10. The predicted molar refractivity (Wildman–Crippen MR) is 87.6 cm³/mol. The molecule has 0 spiro atoms. The second-order valence-corrected chi connectivity index (χ2v) is 6.41. The number of halogens is 2. The first kappa shape index (κ1) is 16.0. The van der Waals surface area contributed by atoms with Crippen LogP contribution in [0, 0.1) is 0 Å². The molecule has 0 aliphatic heterocycles. The van der Waals surface area contributed by atoms with Crippen molar-refractivity contribution in [3.8, 4) is 0 Å². The molecule has 0 saturated heterocycles. The zero-order chi connectivity index (χ0) is 15.6. The average Bonchev–Trinajstić information content (AvgIpc) is 2.82. The molecular formula is C15H17BrClN3O. The van der Waals surface area contributed by atoms with Crippen LogP contribution in [0.2, 0.25) is 5.02 Å². The van der Waals surface area contributed by atoms with Gasteiger partial charge in [-0.3, -0.25) is 9.89 Å². The molecule has 4 nitrogen and oxygen atoms in total. The third-order valence-electron chi connectivity index (χ3n) is 3.22. The van der Waals surface area contributed by atoms with E-state index in [1.54, 1.807) is 11.9 Å². The fourth-order valence-corrected chi connectivity index (χ4v) is 3.00. The van der Waals surface area contributed by atoms with Gasteiger partial charge in [0.25, 0.3) is 5.91 Å². The zero-order valence-electron chi connectivity index (χ0n) is 12.2. The quantitative estimate of drug-likeness (QED) is 0.876. The lowest BCUT2D eigenvalue weighted by Crippen LogP contribution is -2.27. The second-order valence-electron chi connectivity index (χ2n) is 5.21. The highest BCUT2D eigenvalue weighted by atomic mass is 79.9. The van der Waals surface area contributed by atoms with E-state index in [0.717, 1.165) is 15.7 Å². The number of amides is 1. The van der Waals surface area contributed by atoms with Crippen LogP contribution in [0.4, 0.5) is 0 Å². The number of carbonyl (C=O) groups is 1. The Hall–Kier alpha value is -1.33. The number of nitrogens with zero attached hydrogens (tertiary/aromatic N) is 2. The molecule has 0 radical (unpaired) electrons. The smallest absolute Gasteiger partial charge is 0.275 e. The van der Waals surface area contributed by atoms with Gasteiger partial charge < -0.3 is 4.90 Å². The molecule has 1 amide bonds. The van der Waals surface area contributed by atoms with Gasteiger partial charge in [-0.05, 0) is 33.5 Å². The number of carbonyl (C=O) groups excluding carboxylic acids is 1. The molecule has 21 heavy (non-hydrogen) atoms. The minimum Gasteiger partial charge on any atom is -0.336 e. The van der Waals surface area contributed by atoms with E-state index in [-0.39, 0.29) is 11.8 Å². The summed E-state index contributed by atoms with van der Waals surface area (Å²) in [5.74, 6) is 0.118. The Bertz CT molecular complexity index is 654. The van der Waals surface area contributed by atoms with Crippen LogP contribution >= 0.6 is 27.5 Å². The highest BCUT2D eigenvalue weighted by Crippen LogP contribution is 2.26. The molecule has 0 atom stereocenters. The largest absolute Gasteiger partial charge is 0.336 e. The Morgan fingerprint density at radius 1 is 1.43 bits per heavy atom. The molecule has 1 N–H and O–H groups in total. The van der Waals surface area contributed by atoms with Gasteiger partial charge in [0.15, 0.2) is 5.69 Å². The SMILES string of the molecule is CC(C)c1[nH]nc(C(=O)N(C)Cc2ccccc2Cl)c1Br. The van der Waals surface area contributed by atoms with E-state index >= 15 is 0 Å². The number of nitrogens with one attached hydrogen (secondary N) is 1. The van der Waals surface area contributed by atoms with Crippen molar-refractivity contribution < 1.29 is 4.79 Å². The van der Waals surface area contributed by atoms with E-state index in [1.165, 1.54) is 0 Å². The van der Waals surface area contributed by atoms with Gasteiger partial charge in [-0.15, -0.1) is 0 Å². The van der Waals surface area contributed by atoms with Gasteiger partial charge in [0.2, 0.25) is 0 Å². The van der Waals surface area contributed by atoms with Crippen molar-refractivity contribution in [2.24, 2.45) is 0 Å². The maximum atomic E-state index is 12.5. The summed E-state index contributed by atoms with van der Waals surface area (Å²) in [6.07, 6.45) is 0. The molecule has 6 heteroatoms. The molecule has 0 fully saturated rings.